The van der Waals surface area contributed by atoms with E-state index >= 15 is 0 Å². The average Bonchev–Trinajstić information content (AvgIpc) is 1.75. The van der Waals surface area contributed by atoms with E-state index < -0.39 is 16.8 Å². The number of hydrogen-bond acceptors (Lipinski definition) is 13. The van der Waals surface area contributed by atoms with Crippen LogP contribution in [-0.2, 0) is 48.2 Å². The fourth-order valence-electron chi connectivity index (χ4n) is 14.6. The van der Waals surface area contributed by atoms with Crippen LogP contribution in [0.25, 0.3) is 22.3 Å². The summed E-state index contributed by atoms with van der Waals surface area (Å²) in [5, 5.41) is 13.3. The van der Waals surface area contributed by atoms with Gasteiger partial charge >= 0.3 is 18.3 Å². The van der Waals surface area contributed by atoms with Gasteiger partial charge in [-0.25, -0.2) is 14.4 Å². The number of carbonyl (C=O) groups is 3. The van der Waals surface area contributed by atoms with Gasteiger partial charge in [-0.3, -0.25) is 0 Å². The number of ether oxygens (including phenoxy) is 6. The van der Waals surface area contributed by atoms with E-state index in [0.29, 0.717) is 50.8 Å². The zero-order chi connectivity index (χ0) is 63.0. The van der Waals surface area contributed by atoms with Crippen molar-refractivity contribution in [2.24, 2.45) is 0 Å². The predicted molar refractivity (Wildman–Crippen MR) is 353 cm³/mol. The van der Waals surface area contributed by atoms with E-state index in [4.69, 9.17) is 37.3 Å². The molecule has 13 rings (SSSR count). The Morgan fingerprint density at radius 3 is 1.13 bits per heavy atom. The lowest BCUT2D eigenvalue weighted by atomic mass is 9.99. The molecule has 8 fully saturated rings. The van der Waals surface area contributed by atoms with Gasteiger partial charge in [0.1, 0.15) is 16.8 Å². The summed E-state index contributed by atoms with van der Waals surface area (Å²) in [6.07, 6.45) is 23.1. The van der Waals surface area contributed by atoms with Crippen LogP contribution in [0.15, 0.2) is 123 Å². The molecule has 8 saturated heterocycles. The van der Waals surface area contributed by atoms with Crippen molar-refractivity contribution in [3.63, 3.8) is 0 Å². The zero-order valence-electron chi connectivity index (χ0n) is 54.3. The number of halogens is 2. The Morgan fingerprint density at radius 1 is 0.467 bits per heavy atom. The lowest BCUT2D eigenvalue weighted by molar-refractivity contribution is -0.0405. The second-order valence-electron chi connectivity index (χ2n) is 28.7. The number of piperidine rings is 4. The first kappa shape index (κ1) is 69.0. The third-order valence-electron chi connectivity index (χ3n) is 18.4. The number of aliphatic hydroxyl groups is 1. The molecule has 0 radical (unpaired) electrons. The number of aliphatic hydroxyl groups excluding tert-OH is 1. The summed E-state index contributed by atoms with van der Waals surface area (Å²) in [7, 11) is 0. The molecule has 3 aromatic carbocycles. The van der Waals surface area contributed by atoms with E-state index in [0.717, 1.165) is 104 Å². The maximum absolute atomic E-state index is 12.6. The number of amides is 3. The lowest BCUT2D eigenvalue weighted by Gasteiger charge is -2.39. The molecule has 10 heterocycles. The number of hydrogen-bond donors (Lipinski definition) is 2. The number of fused-ring (bicyclic) bond motifs is 8. The predicted octanol–water partition coefficient (Wildman–Crippen LogP) is 16.4. The van der Waals surface area contributed by atoms with E-state index in [-0.39, 0.29) is 85.2 Å². The van der Waals surface area contributed by atoms with Gasteiger partial charge in [0, 0.05) is 63.9 Å². The fraction of sp³-hybridized carbons (Fsp3) is 0.597. The second-order valence-corrected chi connectivity index (χ2v) is 29.6. The van der Waals surface area contributed by atoms with E-state index in [9.17, 15) is 19.5 Å². The highest BCUT2D eigenvalue weighted by molar-refractivity contribution is 9.10. The molecule has 8 unspecified atom stereocenters. The summed E-state index contributed by atoms with van der Waals surface area (Å²) < 4.78 is 46.8. The minimum atomic E-state index is -0.458. The van der Waals surface area contributed by atoms with Crippen LogP contribution in [0.5, 0.6) is 0 Å². The topological polar surface area (TPSA) is 175 Å². The Labute approximate surface area is 548 Å². The molecule has 8 bridgehead atoms. The number of benzene rings is 3. The van der Waals surface area contributed by atoms with Crippen LogP contribution in [0.3, 0.4) is 0 Å². The van der Waals surface area contributed by atoms with E-state index in [2.05, 4.69) is 63.7 Å². The summed E-state index contributed by atoms with van der Waals surface area (Å²) >= 11 is 3.56. The Morgan fingerprint density at radius 2 is 0.789 bits per heavy atom. The molecule has 16 nitrogen and oxygen atoms in total. The van der Waals surface area contributed by atoms with Gasteiger partial charge in [0.25, 0.3) is 0 Å². The van der Waals surface area contributed by atoms with E-state index in [1.54, 1.807) is 25.1 Å². The van der Waals surface area contributed by atoms with Crippen molar-refractivity contribution in [2.75, 3.05) is 0 Å². The summed E-state index contributed by atoms with van der Waals surface area (Å²) in [4.78, 5) is 42.8. The molecule has 492 valence electrons. The van der Waals surface area contributed by atoms with Crippen LogP contribution in [-0.4, -0.2) is 128 Å². The second kappa shape index (κ2) is 30.6. The lowest BCUT2D eigenvalue weighted by Crippen LogP contribution is -2.50. The highest BCUT2D eigenvalue weighted by Crippen LogP contribution is 2.41. The van der Waals surface area contributed by atoms with Crippen molar-refractivity contribution in [3.05, 3.63) is 131 Å². The molecule has 3 amide bonds. The van der Waals surface area contributed by atoms with E-state index in [1.165, 1.54) is 29.5 Å². The molecule has 0 saturated carbocycles. The molecular formula is C72H98BrClN4O12. The number of furan rings is 2. The molecule has 2 aromatic heterocycles. The summed E-state index contributed by atoms with van der Waals surface area (Å²) in [5.74, 6) is 0. The zero-order valence-corrected chi connectivity index (χ0v) is 56.7. The first-order valence-electron chi connectivity index (χ1n) is 32.8. The summed E-state index contributed by atoms with van der Waals surface area (Å²) in [5.41, 5.74) is 6.78. The number of nitrogens with one attached hydrogen (secondary N) is 1. The molecule has 8 atom stereocenters. The highest BCUT2D eigenvalue weighted by Gasteiger charge is 2.48. The highest BCUT2D eigenvalue weighted by atomic mass is 79.9. The molecule has 0 spiro atoms. The Balaban J connectivity index is 0.000000144. The molecule has 8 aliphatic heterocycles. The number of carbonyl (C=O) groups excluding carboxylic acids is 3. The first-order chi connectivity index (χ1) is 42.5. The van der Waals surface area contributed by atoms with Crippen molar-refractivity contribution >= 4 is 46.6 Å². The van der Waals surface area contributed by atoms with E-state index in [1.807, 2.05) is 119 Å². The minimum absolute atomic E-state index is 0. The Bertz CT molecular complexity index is 3030. The van der Waals surface area contributed by atoms with Gasteiger partial charge < -0.3 is 62.4 Å². The van der Waals surface area contributed by atoms with Gasteiger partial charge in [0.15, 0.2) is 0 Å². The third-order valence-corrected chi connectivity index (χ3v) is 19.2. The summed E-state index contributed by atoms with van der Waals surface area (Å²) in [6, 6.07) is 31.5. The molecule has 90 heavy (non-hydrogen) atoms. The van der Waals surface area contributed by atoms with Crippen molar-refractivity contribution in [3.8, 4) is 22.3 Å². The molecule has 5 aromatic rings. The Hall–Kier alpha value is -5.40. The van der Waals surface area contributed by atoms with Gasteiger partial charge in [-0.15, -0.1) is 12.4 Å². The van der Waals surface area contributed by atoms with Crippen LogP contribution < -0.4 is 5.32 Å². The van der Waals surface area contributed by atoms with Crippen molar-refractivity contribution in [1.29, 1.82) is 0 Å². The maximum Gasteiger partial charge on any atom is 0.410 e. The van der Waals surface area contributed by atoms with Crippen molar-refractivity contribution in [2.45, 2.75) is 274 Å². The van der Waals surface area contributed by atoms with Crippen LogP contribution in [0.1, 0.15) is 182 Å². The molecular weight excluding hydrogens is 1230 g/mol. The molecule has 18 heteroatoms. The quantitative estimate of drug-likeness (QED) is 0.120. The largest absolute Gasteiger partial charge is 0.472 e. The smallest absolute Gasteiger partial charge is 0.410 e. The van der Waals surface area contributed by atoms with Gasteiger partial charge in [0.2, 0.25) is 0 Å². The molecule has 2 N–H and O–H groups in total. The van der Waals surface area contributed by atoms with Crippen LogP contribution in [0, 0.1) is 0 Å². The Kier molecular flexibility index (Phi) is 23.4. The minimum Gasteiger partial charge on any atom is -0.472 e. The molecule has 0 aliphatic carbocycles. The van der Waals surface area contributed by atoms with Crippen LogP contribution in [0.4, 0.5) is 14.4 Å². The fourth-order valence-corrected chi connectivity index (χ4v) is 15.0. The number of nitrogens with zero attached hydrogens (tertiary/aromatic N) is 3. The number of rotatable bonds is 11. The summed E-state index contributed by atoms with van der Waals surface area (Å²) in [6.45, 7) is 19.0. The first-order valence-corrected chi connectivity index (χ1v) is 33.6. The maximum atomic E-state index is 12.6. The van der Waals surface area contributed by atoms with Crippen LogP contribution in [0.2, 0.25) is 0 Å². The van der Waals surface area contributed by atoms with Crippen LogP contribution >= 0.6 is 28.3 Å². The average molecular weight is 1330 g/mol. The van der Waals surface area contributed by atoms with Gasteiger partial charge in [0.05, 0.1) is 69.3 Å². The third kappa shape index (κ3) is 18.7. The van der Waals surface area contributed by atoms with Gasteiger partial charge in [-0.2, -0.15) is 0 Å². The monoisotopic (exact) mass is 1320 g/mol. The normalized spacial score (nSPS) is 27.2. The van der Waals surface area contributed by atoms with Crippen molar-refractivity contribution in [1.82, 2.24) is 20.0 Å². The standard InChI is InChI=1S/C23H29NO4.C19H26BrNO3.C18H21NO2.C12H21NO3.ClH/c1-23(2,3)28-22(25)24-18-8-9-19(24)13-20(12-18)27-15-16-6-4-5-7-21(16)17-10-11-26-14-17;1-19(2,3)24-18(22)21-14-8-9-15(21)11-16(10-14)23-12-13-6-4-5-7-17(13)20;1-2-4-18(14-7-8-20-11-14)13(3-1)12-21-17-9-15-5-6-16(10-17)19-15;1-12(2,3)16-11(15)13-8-4-5-9(13)7-10(14)6-8;/h4-7,10-11,14,18-20H,8-9,12-13,15H2,1-3H3;4-7,14-16H,8-12H2,1-3H3;1-4,7-8,11,15-17,19H,5-6,9-10,12H2;8-10,14H,4-7H2,1-3H3;1H. The van der Waals surface area contributed by atoms with Crippen molar-refractivity contribution < 1.29 is 56.7 Å². The van der Waals surface area contributed by atoms with Gasteiger partial charge in [-0.05, 0) is 211 Å². The van der Waals surface area contributed by atoms with Gasteiger partial charge in [-0.1, -0.05) is 82.7 Å². The molecule has 8 aliphatic rings. The SMILES string of the molecule is CC(C)(C)OC(=O)N1C2CCC1CC(O)C2.CC(C)(C)OC(=O)N1C2CCC1CC(OCc1ccccc1-c1ccoc1)C2.CC(C)(C)OC(=O)N1C2CCC1CC(OCc1ccccc1Br)C2.Cl.c1ccc(-c2ccoc2)c(COC2CC3CCC(C2)N3)c1.